The van der Waals surface area contributed by atoms with Crippen LogP contribution in [-0.4, -0.2) is 46.9 Å². The van der Waals surface area contributed by atoms with Gasteiger partial charge in [0.25, 0.3) is 0 Å². The van der Waals surface area contributed by atoms with Gasteiger partial charge in [-0.3, -0.25) is 4.79 Å². The molecule has 0 unspecified atom stereocenters. The van der Waals surface area contributed by atoms with E-state index in [4.69, 9.17) is 0 Å². The van der Waals surface area contributed by atoms with Crippen LogP contribution in [0.15, 0.2) is 18.3 Å². The highest BCUT2D eigenvalue weighted by molar-refractivity contribution is 5.76. The Hall–Kier alpha value is -2.18. The van der Waals surface area contributed by atoms with Crippen molar-refractivity contribution < 1.29 is 9.72 Å². The lowest BCUT2D eigenvalue weighted by Crippen LogP contribution is -2.49. The van der Waals surface area contributed by atoms with Crippen LogP contribution < -0.4 is 4.90 Å². The zero-order chi connectivity index (χ0) is 15.4. The Kier molecular flexibility index (Phi) is 4.72. The number of anilines is 1. The fourth-order valence-corrected chi connectivity index (χ4v) is 2.37. The van der Waals surface area contributed by atoms with Crippen LogP contribution in [0.5, 0.6) is 0 Å². The number of nitro groups is 1. The zero-order valence-electron chi connectivity index (χ0n) is 12.4. The lowest BCUT2D eigenvalue weighted by atomic mass is 10.1. The average Bonchev–Trinajstić information content (AvgIpc) is 2.47. The predicted molar refractivity (Wildman–Crippen MR) is 79.1 cm³/mol. The quantitative estimate of drug-likeness (QED) is 0.623. The second kappa shape index (κ2) is 6.51. The molecule has 0 aromatic carbocycles. The van der Waals surface area contributed by atoms with E-state index in [1.807, 2.05) is 18.7 Å². The van der Waals surface area contributed by atoms with E-state index in [2.05, 4.69) is 9.88 Å². The van der Waals surface area contributed by atoms with Gasteiger partial charge in [0.15, 0.2) is 6.20 Å². The highest BCUT2D eigenvalue weighted by Gasteiger charge is 2.22. The van der Waals surface area contributed by atoms with Crippen molar-refractivity contribution in [2.24, 2.45) is 5.92 Å². The lowest BCUT2D eigenvalue weighted by molar-refractivity contribution is -0.389. The summed E-state index contributed by atoms with van der Waals surface area (Å²) in [5, 5.41) is 10.6. The van der Waals surface area contributed by atoms with E-state index in [-0.39, 0.29) is 11.7 Å². The summed E-state index contributed by atoms with van der Waals surface area (Å²) >= 11 is 0. The SMILES string of the molecule is CC(C)CC(=O)N1CCN(c2ccc([N+](=O)[O-])nc2)CC1. The van der Waals surface area contributed by atoms with E-state index in [1.54, 1.807) is 6.07 Å². The van der Waals surface area contributed by atoms with Crippen molar-refractivity contribution in [3.63, 3.8) is 0 Å². The van der Waals surface area contributed by atoms with Gasteiger partial charge >= 0.3 is 5.82 Å². The van der Waals surface area contributed by atoms with E-state index in [0.717, 1.165) is 18.8 Å². The summed E-state index contributed by atoms with van der Waals surface area (Å²) in [5.41, 5.74) is 0.858. The van der Waals surface area contributed by atoms with Gasteiger partial charge in [0.05, 0.1) is 5.69 Å². The van der Waals surface area contributed by atoms with Crippen LogP contribution in [0.1, 0.15) is 20.3 Å². The standard InChI is InChI=1S/C14H20N4O3/c1-11(2)9-14(19)17-7-5-16(6-8-17)12-3-4-13(15-10-12)18(20)21/h3-4,10-11H,5-9H2,1-2H3. The minimum Gasteiger partial charge on any atom is -0.365 e. The number of pyridine rings is 1. The summed E-state index contributed by atoms with van der Waals surface area (Å²) in [6, 6.07) is 3.11. The Morgan fingerprint density at radius 2 is 2.00 bits per heavy atom. The molecular formula is C14H20N4O3. The third-order valence-corrected chi connectivity index (χ3v) is 3.50. The van der Waals surface area contributed by atoms with Gasteiger partial charge in [-0.25, -0.2) is 0 Å². The van der Waals surface area contributed by atoms with E-state index in [0.29, 0.717) is 25.4 Å². The molecule has 0 atom stereocenters. The third kappa shape index (κ3) is 3.90. The summed E-state index contributed by atoms with van der Waals surface area (Å²) in [4.78, 5) is 29.9. The predicted octanol–water partition coefficient (Wildman–Crippen LogP) is 1.68. The molecule has 1 amide bonds. The molecule has 0 N–H and O–H groups in total. The third-order valence-electron chi connectivity index (χ3n) is 3.50. The van der Waals surface area contributed by atoms with Crippen molar-refractivity contribution in [3.05, 3.63) is 28.4 Å². The highest BCUT2D eigenvalue weighted by Crippen LogP contribution is 2.18. The summed E-state index contributed by atoms with van der Waals surface area (Å²) < 4.78 is 0. The number of carbonyl (C=O) groups is 1. The van der Waals surface area contributed by atoms with Crippen molar-refractivity contribution >= 4 is 17.4 Å². The topological polar surface area (TPSA) is 79.6 Å². The molecular weight excluding hydrogens is 272 g/mol. The normalized spacial score (nSPS) is 15.4. The Morgan fingerprint density at radius 3 is 2.48 bits per heavy atom. The van der Waals surface area contributed by atoms with Gasteiger partial charge in [0.2, 0.25) is 5.91 Å². The van der Waals surface area contributed by atoms with Crippen molar-refractivity contribution in [1.82, 2.24) is 9.88 Å². The first-order chi connectivity index (χ1) is 9.97. The van der Waals surface area contributed by atoms with Crippen molar-refractivity contribution in [3.8, 4) is 0 Å². The van der Waals surface area contributed by atoms with Gasteiger partial charge in [-0.15, -0.1) is 0 Å². The molecule has 0 spiro atoms. The van der Waals surface area contributed by atoms with Gasteiger partial charge in [0, 0.05) is 38.7 Å². The molecule has 114 valence electrons. The molecule has 0 radical (unpaired) electrons. The maximum absolute atomic E-state index is 12.0. The number of amides is 1. The molecule has 0 bridgehead atoms. The number of carbonyl (C=O) groups excluding carboxylic acids is 1. The molecule has 1 aromatic rings. The summed E-state index contributed by atoms with van der Waals surface area (Å²) in [5.74, 6) is 0.422. The Bertz CT molecular complexity index is 507. The number of piperazine rings is 1. The average molecular weight is 292 g/mol. The molecule has 1 fully saturated rings. The molecule has 1 saturated heterocycles. The number of nitrogens with zero attached hydrogens (tertiary/aromatic N) is 4. The fraction of sp³-hybridized carbons (Fsp3) is 0.571. The fourth-order valence-electron chi connectivity index (χ4n) is 2.37. The molecule has 0 saturated carbocycles. The van der Waals surface area contributed by atoms with E-state index >= 15 is 0 Å². The maximum Gasteiger partial charge on any atom is 0.363 e. The first-order valence-corrected chi connectivity index (χ1v) is 7.10. The second-order valence-electron chi connectivity index (χ2n) is 5.60. The molecule has 1 aliphatic rings. The number of hydrogen-bond acceptors (Lipinski definition) is 5. The molecule has 21 heavy (non-hydrogen) atoms. The molecule has 1 aliphatic heterocycles. The Balaban J connectivity index is 1.91. The van der Waals surface area contributed by atoms with Gasteiger partial charge in [0.1, 0.15) is 0 Å². The van der Waals surface area contributed by atoms with Crippen molar-refractivity contribution in [2.75, 3.05) is 31.1 Å². The van der Waals surface area contributed by atoms with Crippen LogP contribution >= 0.6 is 0 Å². The van der Waals surface area contributed by atoms with E-state index in [9.17, 15) is 14.9 Å². The number of rotatable bonds is 4. The van der Waals surface area contributed by atoms with Crippen LogP contribution in [0.4, 0.5) is 11.5 Å². The van der Waals surface area contributed by atoms with Gasteiger partial charge in [-0.2, -0.15) is 0 Å². The highest BCUT2D eigenvalue weighted by atomic mass is 16.6. The zero-order valence-corrected chi connectivity index (χ0v) is 12.4. The van der Waals surface area contributed by atoms with Gasteiger partial charge in [-0.1, -0.05) is 13.8 Å². The molecule has 2 rings (SSSR count). The van der Waals surface area contributed by atoms with Crippen LogP contribution in [0.2, 0.25) is 0 Å². The molecule has 0 aliphatic carbocycles. The number of hydrogen-bond donors (Lipinski definition) is 0. The molecule has 7 nitrogen and oxygen atoms in total. The molecule has 7 heteroatoms. The first-order valence-electron chi connectivity index (χ1n) is 7.10. The van der Waals surface area contributed by atoms with Crippen LogP contribution in [0.25, 0.3) is 0 Å². The maximum atomic E-state index is 12.0. The van der Waals surface area contributed by atoms with Crippen LogP contribution in [-0.2, 0) is 4.79 Å². The minimum absolute atomic E-state index is 0.149. The smallest absolute Gasteiger partial charge is 0.363 e. The summed E-state index contributed by atoms with van der Waals surface area (Å²) in [6.07, 6.45) is 2.10. The minimum atomic E-state index is -0.508. The number of aromatic nitrogens is 1. The summed E-state index contributed by atoms with van der Waals surface area (Å²) in [7, 11) is 0. The van der Waals surface area contributed by atoms with Crippen LogP contribution in [0, 0.1) is 16.0 Å². The Morgan fingerprint density at radius 1 is 1.33 bits per heavy atom. The molecule has 2 heterocycles. The van der Waals surface area contributed by atoms with Gasteiger partial charge in [-0.05, 0) is 21.9 Å². The monoisotopic (exact) mass is 292 g/mol. The van der Waals surface area contributed by atoms with Gasteiger partial charge < -0.3 is 19.9 Å². The largest absolute Gasteiger partial charge is 0.365 e. The van der Waals surface area contributed by atoms with E-state index < -0.39 is 4.92 Å². The first kappa shape index (κ1) is 15.2. The van der Waals surface area contributed by atoms with Crippen molar-refractivity contribution in [2.45, 2.75) is 20.3 Å². The van der Waals surface area contributed by atoms with Crippen molar-refractivity contribution in [1.29, 1.82) is 0 Å². The molecule has 1 aromatic heterocycles. The van der Waals surface area contributed by atoms with E-state index in [1.165, 1.54) is 12.3 Å². The summed E-state index contributed by atoms with van der Waals surface area (Å²) in [6.45, 7) is 6.89. The lowest BCUT2D eigenvalue weighted by Gasteiger charge is -2.35. The second-order valence-corrected chi connectivity index (χ2v) is 5.60. The Labute approximate surface area is 123 Å². The van der Waals surface area contributed by atoms with Crippen LogP contribution in [0.3, 0.4) is 0 Å².